The van der Waals surface area contributed by atoms with Crippen LogP contribution < -0.4 is 5.32 Å². The number of hydrogen-bond donors (Lipinski definition) is 1. The maximum Gasteiger partial charge on any atom is 0.0388 e. The summed E-state index contributed by atoms with van der Waals surface area (Å²) in [5, 5.41) is 3.87. The molecule has 18 heavy (non-hydrogen) atoms. The van der Waals surface area contributed by atoms with Crippen LogP contribution in [0.2, 0.25) is 0 Å². The van der Waals surface area contributed by atoms with Crippen LogP contribution >= 0.6 is 11.3 Å². The fourth-order valence-electron chi connectivity index (χ4n) is 3.50. The molecule has 3 heteroatoms. The molecular weight excluding hydrogens is 240 g/mol. The molecule has 0 spiro atoms. The van der Waals surface area contributed by atoms with E-state index in [9.17, 15) is 0 Å². The van der Waals surface area contributed by atoms with Crippen molar-refractivity contribution in [3.63, 3.8) is 0 Å². The maximum atomic E-state index is 3.87. The Morgan fingerprint density at radius 2 is 2.28 bits per heavy atom. The third-order valence-corrected chi connectivity index (χ3v) is 5.94. The molecule has 1 aromatic heterocycles. The number of nitrogens with zero attached hydrogens (tertiary/aromatic N) is 1. The first-order chi connectivity index (χ1) is 8.78. The predicted molar refractivity (Wildman–Crippen MR) is 78.2 cm³/mol. The van der Waals surface area contributed by atoms with Crippen molar-refractivity contribution >= 4 is 11.3 Å². The molecule has 100 valence electrons. The molecule has 0 bridgehead atoms. The molecule has 0 amide bonds. The molecule has 0 aromatic carbocycles. The summed E-state index contributed by atoms with van der Waals surface area (Å²) in [6.07, 6.45) is 5.30. The van der Waals surface area contributed by atoms with Gasteiger partial charge in [-0.15, -0.1) is 11.3 Å². The predicted octanol–water partition coefficient (Wildman–Crippen LogP) is 3.20. The van der Waals surface area contributed by atoms with Crippen molar-refractivity contribution in [3.8, 4) is 0 Å². The summed E-state index contributed by atoms with van der Waals surface area (Å²) in [6.45, 7) is 7.19. The molecule has 0 radical (unpaired) electrons. The number of aryl methyl sites for hydroxylation is 1. The molecule has 2 nitrogen and oxygen atoms in total. The molecule has 3 atom stereocenters. The van der Waals surface area contributed by atoms with Gasteiger partial charge in [-0.25, -0.2) is 0 Å². The molecule has 2 aliphatic rings. The van der Waals surface area contributed by atoms with Crippen LogP contribution in [0.4, 0.5) is 0 Å². The first-order valence-corrected chi connectivity index (χ1v) is 8.18. The standard InChI is InChI=1S/C15H24N2S/c1-3-12-6-7-15(18-12)11(2)16-13-8-10-17-9-4-5-14(13)17/h6-7,11,13-14,16H,3-5,8-10H2,1-2H3. The van der Waals surface area contributed by atoms with E-state index in [4.69, 9.17) is 0 Å². The first-order valence-electron chi connectivity index (χ1n) is 7.36. The summed E-state index contributed by atoms with van der Waals surface area (Å²) in [6, 6.07) is 6.64. The summed E-state index contributed by atoms with van der Waals surface area (Å²) in [5.41, 5.74) is 0. The lowest BCUT2D eigenvalue weighted by atomic mass is 10.1. The van der Waals surface area contributed by atoms with Gasteiger partial charge < -0.3 is 5.32 Å². The highest BCUT2D eigenvalue weighted by Crippen LogP contribution is 2.31. The van der Waals surface area contributed by atoms with Crippen molar-refractivity contribution in [2.75, 3.05) is 13.1 Å². The molecule has 3 rings (SSSR count). The normalized spacial score (nSPS) is 29.7. The van der Waals surface area contributed by atoms with Crippen LogP contribution in [0.5, 0.6) is 0 Å². The summed E-state index contributed by atoms with van der Waals surface area (Å²) in [5.74, 6) is 0. The molecule has 1 N–H and O–H groups in total. The highest BCUT2D eigenvalue weighted by Gasteiger charge is 2.37. The van der Waals surface area contributed by atoms with Gasteiger partial charge >= 0.3 is 0 Å². The van der Waals surface area contributed by atoms with Crippen LogP contribution in [0.1, 0.15) is 48.9 Å². The molecule has 2 aliphatic heterocycles. The highest BCUT2D eigenvalue weighted by molar-refractivity contribution is 7.12. The van der Waals surface area contributed by atoms with Crippen molar-refractivity contribution < 1.29 is 0 Å². The van der Waals surface area contributed by atoms with Gasteiger partial charge in [0, 0.05) is 34.4 Å². The number of thiophene rings is 1. The molecular formula is C15H24N2S. The van der Waals surface area contributed by atoms with Crippen LogP contribution in [0.25, 0.3) is 0 Å². The van der Waals surface area contributed by atoms with E-state index in [-0.39, 0.29) is 0 Å². The van der Waals surface area contributed by atoms with Crippen molar-refractivity contribution in [1.82, 2.24) is 10.2 Å². The summed E-state index contributed by atoms with van der Waals surface area (Å²) in [7, 11) is 0. The van der Waals surface area contributed by atoms with E-state index < -0.39 is 0 Å². The zero-order chi connectivity index (χ0) is 12.5. The molecule has 3 unspecified atom stereocenters. The average Bonchev–Trinajstić information content (AvgIpc) is 3.05. The van der Waals surface area contributed by atoms with Gasteiger partial charge in [-0.2, -0.15) is 0 Å². The molecule has 1 aromatic rings. The topological polar surface area (TPSA) is 15.3 Å². The Bertz CT molecular complexity index is 401. The van der Waals surface area contributed by atoms with E-state index in [0.29, 0.717) is 6.04 Å². The van der Waals surface area contributed by atoms with Crippen LogP contribution in [0.3, 0.4) is 0 Å². The van der Waals surface area contributed by atoms with E-state index in [0.717, 1.165) is 18.5 Å². The number of nitrogens with one attached hydrogen (secondary N) is 1. The summed E-state index contributed by atoms with van der Waals surface area (Å²) in [4.78, 5) is 5.69. The SMILES string of the molecule is CCc1ccc(C(C)NC2CCN3CCCC23)s1. The van der Waals surface area contributed by atoms with Gasteiger partial charge in [0.15, 0.2) is 0 Å². The lowest BCUT2D eigenvalue weighted by Crippen LogP contribution is -2.40. The monoisotopic (exact) mass is 264 g/mol. The lowest BCUT2D eigenvalue weighted by Gasteiger charge is -2.24. The van der Waals surface area contributed by atoms with Gasteiger partial charge in [0.1, 0.15) is 0 Å². The minimum absolute atomic E-state index is 0.515. The van der Waals surface area contributed by atoms with Crippen LogP contribution in [0.15, 0.2) is 12.1 Å². The summed E-state index contributed by atoms with van der Waals surface area (Å²) < 4.78 is 0. The van der Waals surface area contributed by atoms with E-state index in [1.54, 1.807) is 0 Å². The van der Waals surface area contributed by atoms with Gasteiger partial charge in [-0.3, -0.25) is 4.90 Å². The number of rotatable bonds is 4. The average molecular weight is 264 g/mol. The second-order valence-corrected chi connectivity index (χ2v) is 6.89. The van der Waals surface area contributed by atoms with Crippen molar-refractivity contribution in [2.45, 2.75) is 57.7 Å². The third-order valence-electron chi connectivity index (χ3n) is 4.53. The number of fused-ring (bicyclic) bond motifs is 1. The third kappa shape index (κ3) is 2.36. The van der Waals surface area contributed by atoms with Crippen LogP contribution in [0, 0.1) is 0 Å². The Hall–Kier alpha value is -0.380. The zero-order valence-corrected chi connectivity index (χ0v) is 12.3. The second kappa shape index (κ2) is 5.32. The van der Waals surface area contributed by atoms with E-state index in [1.807, 2.05) is 11.3 Å². The van der Waals surface area contributed by atoms with Gasteiger partial charge in [0.05, 0.1) is 0 Å². The molecule has 3 heterocycles. The Kier molecular flexibility index (Phi) is 3.73. The fourth-order valence-corrected chi connectivity index (χ4v) is 4.46. The molecule has 2 saturated heterocycles. The molecule has 0 aliphatic carbocycles. The van der Waals surface area contributed by atoms with E-state index in [2.05, 4.69) is 36.2 Å². The Morgan fingerprint density at radius 1 is 1.39 bits per heavy atom. The van der Waals surface area contributed by atoms with Crippen LogP contribution in [-0.2, 0) is 6.42 Å². The quantitative estimate of drug-likeness (QED) is 0.898. The number of hydrogen-bond acceptors (Lipinski definition) is 3. The first kappa shape index (κ1) is 12.6. The van der Waals surface area contributed by atoms with E-state index in [1.165, 1.54) is 42.1 Å². The zero-order valence-electron chi connectivity index (χ0n) is 11.5. The smallest absolute Gasteiger partial charge is 0.0388 e. The van der Waals surface area contributed by atoms with Gasteiger partial charge in [-0.05, 0) is 51.3 Å². The van der Waals surface area contributed by atoms with Gasteiger partial charge in [0.2, 0.25) is 0 Å². The van der Waals surface area contributed by atoms with Crippen molar-refractivity contribution in [3.05, 3.63) is 21.9 Å². The maximum absolute atomic E-state index is 3.87. The van der Waals surface area contributed by atoms with Gasteiger partial charge in [0.25, 0.3) is 0 Å². The highest BCUT2D eigenvalue weighted by atomic mass is 32.1. The second-order valence-electron chi connectivity index (χ2n) is 5.69. The fraction of sp³-hybridized carbons (Fsp3) is 0.733. The summed E-state index contributed by atoms with van der Waals surface area (Å²) >= 11 is 1.97. The molecule has 0 saturated carbocycles. The Labute approximate surface area is 114 Å². The molecule has 2 fully saturated rings. The minimum atomic E-state index is 0.515. The van der Waals surface area contributed by atoms with E-state index >= 15 is 0 Å². The van der Waals surface area contributed by atoms with Crippen molar-refractivity contribution in [1.29, 1.82) is 0 Å². The van der Waals surface area contributed by atoms with Crippen molar-refractivity contribution in [2.24, 2.45) is 0 Å². The van der Waals surface area contributed by atoms with Gasteiger partial charge in [-0.1, -0.05) is 6.92 Å². The van der Waals surface area contributed by atoms with Crippen LogP contribution in [-0.4, -0.2) is 30.1 Å². The largest absolute Gasteiger partial charge is 0.305 e. The lowest BCUT2D eigenvalue weighted by molar-refractivity contribution is 0.292. The Balaban J connectivity index is 1.62. The Morgan fingerprint density at radius 3 is 3.06 bits per heavy atom. The minimum Gasteiger partial charge on any atom is -0.305 e.